The Morgan fingerprint density at radius 3 is 1.78 bits per heavy atom. The van der Waals surface area contributed by atoms with Crippen LogP contribution >= 0.6 is 0 Å². The van der Waals surface area contributed by atoms with Crippen molar-refractivity contribution in [2.45, 2.75) is 161 Å². The van der Waals surface area contributed by atoms with E-state index in [1.807, 2.05) is 0 Å². The standard InChI is InChI=1S/C33H58O4/c1-3-5-7-9-11-12-13-14-15-16-17-18-20-22-24-30-33(36)37-31(28-25-26-29-32(34)35)27-23-21-19-10-8-6-4-2/h5,7,11-12,14-15,31H,3-4,6,8-10,13,16-30H2,1-2H3,(H,34,35)/b7-5-,12-11-,15-14-. The SMILES string of the molecule is CC/C=C\C/C=C\C/C=C\CCCCCCCC(=O)OC(CCCCCCCCC)CCCCC(=O)O. The average Bonchev–Trinajstić information content (AvgIpc) is 2.88. The lowest BCUT2D eigenvalue weighted by molar-refractivity contribution is -0.150. The minimum absolute atomic E-state index is 0.0497. The van der Waals surface area contributed by atoms with E-state index in [0.29, 0.717) is 12.8 Å². The summed E-state index contributed by atoms with van der Waals surface area (Å²) in [6.45, 7) is 4.39. The second kappa shape index (κ2) is 28.7. The molecule has 0 fully saturated rings. The Kier molecular flexibility index (Phi) is 27.3. The summed E-state index contributed by atoms with van der Waals surface area (Å²) in [4.78, 5) is 23.2. The number of aliphatic carboxylic acids is 1. The monoisotopic (exact) mass is 518 g/mol. The molecular weight excluding hydrogens is 460 g/mol. The number of allylic oxidation sites excluding steroid dienone is 6. The summed E-state index contributed by atoms with van der Waals surface area (Å²) >= 11 is 0. The number of carboxylic acid groups (broad SMARTS) is 1. The fourth-order valence-electron chi connectivity index (χ4n) is 4.37. The summed E-state index contributed by atoms with van der Waals surface area (Å²) in [5, 5.41) is 8.86. The number of hydrogen-bond acceptors (Lipinski definition) is 3. The summed E-state index contributed by atoms with van der Waals surface area (Å²) in [6, 6.07) is 0. The molecule has 0 heterocycles. The van der Waals surface area contributed by atoms with Crippen molar-refractivity contribution in [1.82, 2.24) is 0 Å². The van der Waals surface area contributed by atoms with Gasteiger partial charge in [-0.2, -0.15) is 0 Å². The fourth-order valence-corrected chi connectivity index (χ4v) is 4.37. The highest BCUT2D eigenvalue weighted by molar-refractivity contribution is 5.69. The lowest BCUT2D eigenvalue weighted by atomic mass is 10.0. The van der Waals surface area contributed by atoms with E-state index in [-0.39, 0.29) is 18.5 Å². The molecule has 0 bridgehead atoms. The third kappa shape index (κ3) is 28.6. The van der Waals surface area contributed by atoms with Gasteiger partial charge in [0.25, 0.3) is 0 Å². The van der Waals surface area contributed by atoms with Crippen molar-refractivity contribution in [3.05, 3.63) is 36.5 Å². The molecule has 1 N–H and O–H groups in total. The molecule has 4 heteroatoms. The van der Waals surface area contributed by atoms with Crippen molar-refractivity contribution >= 4 is 11.9 Å². The van der Waals surface area contributed by atoms with Crippen LogP contribution in [0, 0.1) is 0 Å². The van der Waals surface area contributed by atoms with Crippen LogP contribution in [0.1, 0.15) is 155 Å². The van der Waals surface area contributed by atoms with Gasteiger partial charge in [-0.05, 0) is 70.6 Å². The molecule has 0 aliphatic heterocycles. The van der Waals surface area contributed by atoms with Gasteiger partial charge in [-0.25, -0.2) is 0 Å². The van der Waals surface area contributed by atoms with Gasteiger partial charge in [0.1, 0.15) is 6.10 Å². The number of ether oxygens (including phenoxy) is 1. The van der Waals surface area contributed by atoms with Crippen molar-refractivity contribution < 1.29 is 19.4 Å². The van der Waals surface area contributed by atoms with E-state index < -0.39 is 5.97 Å². The zero-order chi connectivity index (χ0) is 27.2. The Bertz CT molecular complexity index is 605. The number of esters is 1. The molecule has 0 aromatic carbocycles. The Balaban J connectivity index is 3.93. The van der Waals surface area contributed by atoms with Crippen LogP contribution in [0.25, 0.3) is 0 Å². The molecule has 1 unspecified atom stereocenters. The number of carbonyl (C=O) groups is 2. The van der Waals surface area contributed by atoms with Crippen LogP contribution in [-0.2, 0) is 14.3 Å². The van der Waals surface area contributed by atoms with E-state index in [1.54, 1.807) is 0 Å². The van der Waals surface area contributed by atoms with Crippen LogP contribution in [0.2, 0.25) is 0 Å². The molecule has 0 radical (unpaired) electrons. The highest BCUT2D eigenvalue weighted by Gasteiger charge is 2.14. The molecular formula is C33H58O4. The maximum absolute atomic E-state index is 12.4. The lowest BCUT2D eigenvalue weighted by Gasteiger charge is -2.18. The molecule has 0 aliphatic rings. The average molecular weight is 519 g/mol. The number of hydrogen-bond donors (Lipinski definition) is 1. The Hall–Kier alpha value is -1.84. The number of unbranched alkanes of at least 4 members (excludes halogenated alkanes) is 12. The Morgan fingerprint density at radius 2 is 1.14 bits per heavy atom. The molecule has 0 amide bonds. The van der Waals surface area contributed by atoms with Crippen molar-refractivity contribution in [2.24, 2.45) is 0 Å². The van der Waals surface area contributed by atoms with Crippen LogP contribution in [0.4, 0.5) is 0 Å². The predicted octanol–water partition coefficient (Wildman–Crippen LogP) is 10.3. The molecule has 0 aliphatic carbocycles. The fraction of sp³-hybridized carbons (Fsp3) is 0.758. The molecule has 1 atom stereocenters. The minimum atomic E-state index is -0.750. The normalized spacial score (nSPS) is 12.7. The van der Waals surface area contributed by atoms with Crippen molar-refractivity contribution in [3.8, 4) is 0 Å². The zero-order valence-electron chi connectivity index (χ0n) is 24.3. The summed E-state index contributed by atoms with van der Waals surface area (Å²) in [5.41, 5.74) is 0. The van der Waals surface area contributed by atoms with Gasteiger partial charge >= 0.3 is 11.9 Å². The summed E-state index contributed by atoms with van der Waals surface area (Å²) in [5.74, 6) is -0.827. The third-order valence-corrected chi connectivity index (χ3v) is 6.63. The largest absolute Gasteiger partial charge is 0.481 e. The van der Waals surface area contributed by atoms with E-state index in [2.05, 4.69) is 50.3 Å². The van der Waals surface area contributed by atoms with Gasteiger partial charge in [-0.1, -0.05) is 108 Å². The summed E-state index contributed by atoms with van der Waals surface area (Å²) < 4.78 is 5.82. The predicted molar refractivity (Wildman–Crippen MR) is 158 cm³/mol. The molecule has 214 valence electrons. The smallest absolute Gasteiger partial charge is 0.306 e. The zero-order valence-corrected chi connectivity index (χ0v) is 24.3. The number of carbonyl (C=O) groups excluding carboxylic acids is 1. The topological polar surface area (TPSA) is 63.6 Å². The van der Waals surface area contributed by atoms with Crippen molar-refractivity contribution in [1.29, 1.82) is 0 Å². The second-order valence-electron chi connectivity index (χ2n) is 10.3. The molecule has 0 rings (SSSR count). The van der Waals surface area contributed by atoms with Gasteiger partial charge in [-0.15, -0.1) is 0 Å². The maximum atomic E-state index is 12.4. The molecule has 0 aromatic heterocycles. The van der Waals surface area contributed by atoms with Gasteiger partial charge < -0.3 is 9.84 Å². The first-order valence-electron chi connectivity index (χ1n) is 15.5. The number of rotatable bonds is 27. The molecule has 0 spiro atoms. The van der Waals surface area contributed by atoms with Crippen molar-refractivity contribution in [2.75, 3.05) is 0 Å². The van der Waals surface area contributed by atoms with Gasteiger partial charge in [-0.3, -0.25) is 9.59 Å². The number of carboxylic acids is 1. The van der Waals surface area contributed by atoms with Crippen LogP contribution in [0.5, 0.6) is 0 Å². The van der Waals surface area contributed by atoms with Crippen molar-refractivity contribution in [3.63, 3.8) is 0 Å². The molecule has 0 aromatic rings. The molecule has 4 nitrogen and oxygen atoms in total. The lowest BCUT2D eigenvalue weighted by Crippen LogP contribution is -2.18. The highest BCUT2D eigenvalue weighted by atomic mass is 16.5. The van der Waals surface area contributed by atoms with Crippen LogP contribution in [0.15, 0.2) is 36.5 Å². The first kappa shape index (κ1) is 35.2. The van der Waals surface area contributed by atoms with Gasteiger partial charge in [0.2, 0.25) is 0 Å². The molecule has 0 saturated carbocycles. The van der Waals surface area contributed by atoms with E-state index >= 15 is 0 Å². The third-order valence-electron chi connectivity index (χ3n) is 6.63. The van der Waals surface area contributed by atoms with E-state index in [4.69, 9.17) is 9.84 Å². The van der Waals surface area contributed by atoms with Gasteiger partial charge in [0.05, 0.1) is 0 Å². The summed E-state index contributed by atoms with van der Waals surface area (Å²) in [6.07, 6.45) is 35.8. The first-order valence-corrected chi connectivity index (χ1v) is 15.5. The Morgan fingerprint density at radius 1 is 0.622 bits per heavy atom. The van der Waals surface area contributed by atoms with E-state index in [9.17, 15) is 9.59 Å². The van der Waals surface area contributed by atoms with Gasteiger partial charge in [0, 0.05) is 12.8 Å². The quantitative estimate of drug-likeness (QED) is 0.0667. The molecule has 37 heavy (non-hydrogen) atoms. The van der Waals surface area contributed by atoms with Crippen LogP contribution in [-0.4, -0.2) is 23.1 Å². The van der Waals surface area contributed by atoms with E-state index in [0.717, 1.165) is 64.2 Å². The maximum Gasteiger partial charge on any atom is 0.306 e. The van der Waals surface area contributed by atoms with Gasteiger partial charge in [0.15, 0.2) is 0 Å². The highest BCUT2D eigenvalue weighted by Crippen LogP contribution is 2.17. The minimum Gasteiger partial charge on any atom is -0.481 e. The first-order chi connectivity index (χ1) is 18.1. The second-order valence-corrected chi connectivity index (χ2v) is 10.3. The molecule has 0 saturated heterocycles. The van der Waals surface area contributed by atoms with Crippen LogP contribution in [0.3, 0.4) is 0 Å². The van der Waals surface area contributed by atoms with Crippen LogP contribution < -0.4 is 0 Å². The summed E-state index contributed by atoms with van der Waals surface area (Å²) in [7, 11) is 0. The van der Waals surface area contributed by atoms with E-state index in [1.165, 1.54) is 57.8 Å². The Labute approximate surface area is 229 Å².